The fourth-order valence-electron chi connectivity index (χ4n) is 5.09. The van der Waals surface area contributed by atoms with Crippen molar-refractivity contribution in [1.29, 1.82) is 0 Å². The third kappa shape index (κ3) is 4.29. The second-order valence-electron chi connectivity index (χ2n) is 10.5. The number of cyclic esters (lactones) is 1. The fourth-order valence-corrected chi connectivity index (χ4v) is 9.76. The highest BCUT2D eigenvalue weighted by Crippen LogP contribution is 2.50. The monoisotopic (exact) mass is 501 g/mol. The number of nitro groups is 1. The summed E-state index contributed by atoms with van der Waals surface area (Å²) in [4.78, 5) is 23.4. The van der Waals surface area contributed by atoms with Crippen LogP contribution in [0.2, 0.25) is 5.04 Å². The van der Waals surface area contributed by atoms with E-state index in [1.807, 2.05) is 43.3 Å². The topological polar surface area (TPSA) is 78.7 Å². The lowest BCUT2D eigenvalue weighted by atomic mass is 9.78. The summed E-state index contributed by atoms with van der Waals surface area (Å²) in [6, 6.07) is 26.7. The minimum Gasteiger partial charge on any atom is -0.453 e. The minimum atomic E-state index is -2.87. The Morgan fingerprint density at radius 2 is 1.47 bits per heavy atom. The summed E-state index contributed by atoms with van der Waals surface area (Å²) in [5.41, 5.74) is 0.123. The maximum Gasteiger partial charge on any atom is 0.334 e. The molecule has 0 unspecified atom stereocenters. The Labute approximate surface area is 212 Å². The Morgan fingerprint density at radius 1 is 0.972 bits per heavy atom. The highest BCUT2D eigenvalue weighted by Gasteiger charge is 2.55. The molecule has 3 aromatic rings. The molecular formula is C29H31NO5Si. The number of esters is 1. The second-order valence-corrected chi connectivity index (χ2v) is 14.8. The largest absolute Gasteiger partial charge is 0.453 e. The van der Waals surface area contributed by atoms with Gasteiger partial charge in [-0.05, 0) is 40.0 Å². The van der Waals surface area contributed by atoms with Gasteiger partial charge in [-0.15, -0.1) is 0 Å². The molecule has 4 rings (SSSR count). The first-order valence-corrected chi connectivity index (χ1v) is 13.8. The Kier molecular flexibility index (Phi) is 6.73. The number of nitro benzene ring substituents is 1. The van der Waals surface area contributed by atoms with Crippen LogP contribution in [0.4, 0.5) is 5.69 Å². The molecule has 2 atom stereocenters. The van der Waals surface area contributed by atoms with Gasteiger partial charge in [-0.2, -0.15) is 0 Å². The van der Waals surface area contributed by atoms with E-state index in [1.165, 1.54) is 12.1 Å². The van der Waals surface area contributed by atoms with E-state index in [-0.39, 0.29) is 17.3 Å². The molecule has 0 aromatic heterocycles. The van der Waals surface area contributed by atoms with Crippen LogP contribution >= 0.6 is 0 Å². The average molecular weight is 502 g/mol. The molecule has 1 fully saturated rings. The molecule has 1 heterocycles. The number of hydrogen-bond acceptors (Lipinski definition) is 5. The molecule has 0 bridgehead atoms. The number of nitrogens with zero attached hydrogens (tertiary/aromatic N) is 1. The van der Waals surface area contributed by atoms with E-state index in [2.05, 4.69) is 51.6 Å². The van der Waals surface area contributed by atoms with Crippen LogP contribution in [0.3, 0.4) is 0 Å². The molecular weight excluding hydrogens is 470 g/mol. The number of rotatable bonds is 7. The molecule has 6 nitrogen and oxygen atoms in total. The van der Waals surface area contributed by atoms with E-state index < -0.39 is 30.7 Å². The highest BCUT2D eigenvalue weighted by molar-refractivity contribution is 6.99. The number of hydrogen-bond donors (Lipinski definition) is 0. The quantitative estimate of drug-likeness (QED) is 0.144. The fraction of sp³-hybridized carbons (Fsp3) is 0.276. The van der Waals surface area contributed by atoms with Gasteiger partial charge >= 0.3 is 5.97 Å². The molecule has 0 N–H and O–H groups in total. The van der Waals surface area contributed by atoms with Crippen LogP contribution in [-0.4, -0.2) is 25.8 Å². The molecule has 1 aliphatic rings. The molecule has 0 amide bonds. The standard InChI is InChI=1S/C29H31NO5Si/c1-21-27(31)35-26(22-16-18-23(19-17-22)30(32)33)29(21,5)20-34-36(28(2,3)4,24-12-8-6-9-13-24)25-14-10-7-11-15-25/h6-19,26H,1,20H2,2-5H3/t26-,29+/m0/s1. The van der Waals surface area contributed by atoms with Crippen LogP contribution in [0.15, 0.2) is 97.1 Å². The van der Waals surface area contributed by atoms with Gasteiger partial charge < -0.3 is 9.16 Å². The normalized spacial score (nSPS) is 20.3. The third-order valence-corrected chi connectivity index (χ3v) is 12.1. The van der Waals surface area contributed by atoms with Crippen LogP contribution in [0, 0.1) is 15.5 Å². The van der Waals surface area contributed by atoms with Crippen molar-refractivity contribution in [2.75, 3.05) is 6.61 Å². The summed E-state index contributed by atoms with van der Waals surface area (Å²) in [6.07, 6.45) is -0.670. The van der Waals surface area contributed by atoms with E-state index in [0.717, 1.165) is 10.4 Å². The van der Waals surface area contributed by atoms with Gasteiger partial charge in [0.2, 0.25) is 0 Å². The zero-order valence-electron chi connectivity index (χ0n) is 21.1. The molecule has 0 radical (unpaired) electrons. The minimum absolute atomic E-state index is 0.0211. The van der Waals surface area contributed by atoms with Crippen LogP contribution in [0.25, 0.3) is 0 Å². The summed E-state index contributed by atoms with van der Waals surface area (Å²) >= 11 is 0. The van der Waals surface area contributed by atoms with Gasteiger partial charge in [0.05, 0.1) is 10.3 Å². The van der Waals surface area contributed by atoms with E-state index in [9.17, 15) is 14.9 Å². The van der Waals surface area contributed by atoms with Crippen LogP contribution < -0.4 is 10.4 Å². The molecule has 0 saturated carbocycles. The van der Waals surface area contributed by atoms with Crippen molar-refractivity contribution in [3.8, 4) is 0 Å². The number of benzene rings is 3. The highest BCUT2D eigenvalue weighted by atomic mass is 28.4. The van der Waals surface area contributed by atoms with Crippen molar-refractivity contribution in [3.63, 3.8) is 0 Å². The Bertz CT molecular complexity index is 1230. The first-order valence-electron chi connectivity index (χ1n) is 11.9. The third-order valence-electron chi connectivity index (χ3n) is 7.15. The molecule has 1 aliphatic heterocycles. The van der Waals surface area contributed by atoms with Gasteiger partial charge in [-0.1, -0.05) is 88.0 Å². The van der Waals surface area contributed by atoms with Crippen molar-refractivity contribution in [1.82, 2.24) is 0 Å². The summed E-state index contributed by atoms with van der Waals surface area (Å²) in [5, 5.41) is 13.2. The van der Waals surface area contributed by atoms with Gasteiger partial charge in [0.25, 0.3) is 14.0 Å². The van der Waals surface area contributed by atoms with Gasteiger partial charge in [0.15, 0.2) is 0 Å². The number of ether oxygens (including phenoxy) is 1. The lowest BCUT2D eigenvalue weighted by Gasteiger charge is -2.45. The van der Waals surface area contributed by atoms with Crippen molar-refractivity contribution in [3.05, 3.63) is 113 Å². The molecule has 3 aromatic carbocycles. The molecule has 36 heavy (non-hydrogen) atoms. The Hall–Kier alpha value is -3.55. The summed E-state index contributed by atoms with van der Waals surface area (Å²) < 4.78 is 12.9. The molecule has 7 heteroatoms. The molecule has 186 valence electrons. The van der Waals surface area contributed by atoms with Gasteiger partial charge in [0, 0.05) is 24.3 Å². The zero-order chi connectivity index (χ0) is 26.1. The van der Waals surface area contributed by atoms with E-state index >= 15 is 0 Å². The Balaban J connectivity index is 1.79. The first kappa shape index (κ1) is 25.5. The molecule has 0 spiro atoms. The van der Waals surface area contributed by atoms with Crippen molar-refractivity contribution < 1.29 is 18.9 Å². The van der Waals surface area contributed by atoms with Gasteiger partial charge in [-0.25, -0.2) is 4.79 Å². The predicted molar refractivity (Wildman–Crippen MR) is 143 cm³/mol. The van der Waals surface area contributed by atoms with Crippen molar-refractivity contribution >= 4 is 30.3 Å². The second kappa shape index (κ2) is 9.48. The maximum atomic E-state index is 12.7. The summed E-state index contributed by atoms with van der Waals surface area (Å²) in [7, 11) is -2.87. The van der Waals surface area contributed by atoms with Crippen LogP contribution in [0.5, 0.6) is 0 Å². The van der Waals surface area contributed by atoms with E-state index in [4.69, 9.17) is 9.16 Å². The van der Waals surface area contributed by atoms with Crippen molar-refractivity contribution in [2.24, 2.45) is 5.41 Å². The first-order chi connectivity index (χ1) is 17.0. The molecule has 1 saturated heterocycles. The predicted octanol–water partition coefficient (Wildman–Crippen LogP) is 5.33. The average Bonchev–Trinajstić information content (AvgIpc) is 3.09. The van der Waals surface area contributed by atoms with Gasteiger partial charge in [-0.3, -0.25) is 10.1 Å². The SMILES string of the molecule is C=C1C(=O)O[C@@H](c2ccc([N+](=O)[O-])cc2)[C@]1(C)CO[Si](c1ccccc1)(c1ccccc1)C(C)(C)C. The summed E-state index contributed by atoms with van der Waals surface area (Å²) in [6.45, 7) is 12.8. The maximum absolute atomic E-state index is 12.7. The number of carbonyl (C=O) groups is 1. The van der Waals surface area contributed by atoms with Gasteiger partial charge in [0.1, 0.15) is 6.10 Å². The summed E-state index contributed by atoms with van der Waals surface area (Å²) in [5.74, 6) is -0.480. The lowest BCUT2D eigenvalue weighted by Crippen LogP contribution is -2.67. The smallest absolute Gasteiger partial charge is 0.334 e. The zero-order valence-corrected chi connectivity index (χ0v) is 22.1. The van der Waals surface area contributed by atoms with Crippen LogP contribution in [-0.2, 0) is 14.0 Å². The van der Waals surface area contributed by atoms with Crippen LogP contribution in [0.1, 0.15) is 39.4 Å². The van der Waals surface area contributed by atoms with Crippen molar-refractivity contribution in [2.45, 2.75) is 38.8 Å². The van der Waals surface area contributed by atoms with E-state index in [1.54, 1.807) is 12.1 Å². The van der Waals surface area contributed by atoms with E-state index in [0.29, 0.717) is 11.1 Å². The Morgan fingerprint density at radius 3 is 1.92 bits per heavy atom. The lowest BCUT2D eigenvalue weighted by molar-refractivity contribution is -0.384. The molecule has 0 aliphatic carbocycles. The number of carbonyl (C=O) groups excluding carboxylic acids is 1. The number of non-ortho nitro benzene ring substituents is 1.